The van der Waals surface area contributed by atoms with Crippen molar-refractivity contribution >= 4 is 22.9 Å². The molecule has 120 valence electrons. The number of nitrogens with zero attached hydrogens (tertiary/aromatic N) is 5. The van der Waals surface area contributed by atoms with Crippen LogP contribution in [0.1, 0.15) is 16.1 Å². The number of benzene rings is 1. The van der Waals surface area contributed by atoms with Gasteiger partial charge in [0.05, 0.1) is 12.5 Å². The fourth-order valence-corrected chi connectivity index (χ4v) is 2.87. The summed E-state index contributed by atoms with van der Waals surface area (Å²) in [5.74, 6) is -0.956. The summed E-state index contributed by atoms with van der Waals surface area (Å²) in [6, 6.07) is 9.67. The molecular weight excluding hydrogens is 310 g/mol. The first kappa shape index (κ1) is 14.2. The van der Waals surface area contributed by atoms with Crippen LogP contribution in [-0.2, 0) is 13.6 Å². The van der Waals surface area contributed by atoms with Gasteiger partial charge in [-0.15, -0.1) is 0 Å². The number of rotatable bonds is 3. The summed E-state index contributed by atoms with van der Waals surface area (Å²) >= 11 is 0. The highest BCUT2D eigenvalue weighted by Crippen LogP contribution is 2.14. The third-order valence-electron chi connectivity index (χ3n) is 4.00. The summed E-state index contributed by atoms with van der Waals surface area (Å²) in [6.07, 6.45) is 2.76. The number of carboxylic acids is 1. The van der Waals surface area contributed by atoms with Gasteiger partial charge < -0.3 is 9.67 Å². The molecule has 0 bridgehead atoms. The van der Waals surface area contributed by atoms with Crippen LogP contribution in [0.4, 0.5) is 0 Å². The van der Waals surface area contributed by atoms with Crippen molar-refractivity contribution in [3.05, 3.63) is 64.5 Å². The minimum absolute atomic E-state index is 0.167. The van der Waals surface area contributed by atoms with E-state index < -0.39 is 11.5 Å². The molecule has 0 spiro atoms. The lowest BCUT2D eigenvalue weighted by molar-refractivity contribution is 0.0689. The summed E-state index contributed by atoms with van der Waals surface area (Å²) in [5, 5.41) is 9.28. The molecule has 0 saturated carbocycles. The van der Waals surface area contributed by atoms with E-state index in [1.165, 1.54) is 6.20 Å². The summed E-state index contributed by atoms with van der Waals surface area (Å²) in [5.41, 5.74) is 1.21. The van der Waals surface area contributed by atoms with Crippen LogP contribution in [0.15, 0.2) is 47.7 Å². The van der Waals surface area contributed by atoms with Crippen LogP contribution < -0.4 is 5.56 Å². The van der Waals surface area contributed by atoms with Gasteiger partial charge in [0.15, 0.2) is 16.9 Å². The average Bonchev–Trinajstić information content (AvgIpc) is 3.18. The number of hydrogen-bond acceptors (Lipinski definition) is 4. The van der Waals surface area contributed by atoms with Gasteiger partial charge in [-0.3, -0.25) is 9.36 Å². The van der Waals surface area contributed by atoms with Gasteiger partial charge >= 0.3 is 5.97 Å². The predicted molar refractivity (Wildman–Crippen MR) is 86.2 cm³/mol. The molecule has 0 fully saturated rings. The molecule has 1 N–H and O–H groups in total. The van der Waals surface area contributed by atoms with E-state index in [2.05, 4.69) is 9.97 Å². The van der Waals surface area contributed by atoms with E-state index in [9.17, 15) is 14.7 Å². The fraction of sp³-hybridized carbons (Fsp3) is 0.125. The van der Waals surface area contributed by atoms with Crippen LogP contribution >= 0.6 is 0 Å². The number of imidazole rings is 2. The highest BCUT2D eigenvalue weighted by Gasteiger charge is 2.20. The molecule has 0 atom stereocenters. The predicted octanol–water partition coefficient (Wildman–Crippen LogP) is 1.13. The van der Waals surface area contributed by atoms with Crippen LogP contribution in [0.25, 0.3) is 16.9 Å². The van der Waals surface area contributed by atoms with Crippen LogP contribution in [-0.4, -0.2) is 34.6 Å². The number of carbonyl (C=O) groups is 1. The summed E-state index contributed by atoms with van der Waals surface area (Å²) < 4.78 is 4.44. The SMILES string of the molecule is Cn1c2ncn(Cc3ccccc3)c2c(=O)n2c(C(=O)O)cnc12. The zero-order valence-corrected chi connectivity index (χ0v) is 12.7. The van der Waals surface area contributed by atoms with Crippen molar-refractivity contribution in [3.63, 3.8) is 0 Å². The molecule has 8 nitrogen and oxygen atoms in total. The van der Waals surface area contributed by atoms with Gasteiger partial charge in [0.2, 0.25) is 5.78 Å². The molecule has 4 aromatic rings. The molecule has 3 heterocycles. The van der Waals surface area contributed by atoms with Gasteiger partial charge in [0.1, 0.15) is 0 Å². The normalized spacial score (nSPS) is 11.4. The van der Waals surface area contributed by atoms with Crippen molar-refractivity contribution in [3.8, 4) is 0 Å². The largest absolute Gasteiger partial charge is 0.477 e. The molecule has 0 aliphatic rings. The van der Waals surface area contributed by atoms with E-state index in [-0.39, 0.29) is 11.5 Å². The first-order chi connectivity index (χ1) is 11.6. The second-order valence-electron chi connectivity index (χ2n) is 5.48. The molecule has 0 saturated heterocycles. The Bertz CT molecular complexity index is 1140. The van der Waals surface area contributed by atoms with E-state index in [1.807, 2.05) is 30.3 Å². The van der Waals surface area contributed by atoms with Crippen LogP contribution in [0.2, 0.25) is 0 Å². The maximum absolute atomic E-state index is 12.9. The first-order valence-electron chi connectivity index (χ1n) is 7.26. The van der Waals surface area contributed by atoms with Gasteiger partial charge in [-0.1, -0.05) is 30.3 Å². The van der Waals surface area contributed by atoms with E-state index >= 15 is 0 Å². The number of aromatic nitrogens is 5. The van der Waals surface area contributed by atoms with E-state index in [0.717, 1.165) is 9.96 Å². The lowest BCUT2D eigenvalue weighted by Crippen LogP contribution is -2.23. The smallest absolute Gasteiger partial charge is 0.354 e. The summed E-state index contributed by atoms with van der Waals surface area (Å²) in [4.78, 5) is 32.6. The molecule has 0 aliphatic carbocycles. The van der Waals surface area contributed by atoms with Crippen molar-refractivity contribution in [1.29, 1.82) is 0 Å². The van der Waals surface area contributed by atoms with Gasteiger partial charge in [-0.2, -0.15) is 0 Å². The Hall–Kier alpha value is -3.42. The van der Waals surface area contributed by atoms with Gasteiger partial charge in [-0.25, -0.2) is 19.2 Å². The van der Waals surface area contributed by atoms with E-state index in [4.69, 9.17) is 0 Å². The number of aromatic carboxylic acids is 1. The standard InChI is InChI=1S/C16H13N5O3/c1-19-13-12(14(22)21-11(15(23)24)7-17-16(19)21)20(9-18-13)8-10-5-3-2-4-6-10/h2-7,9H,8H2,1H3,(H,23,24). The number of aryl methyl sites for hydroxylation is 1. The zero-order chi connectivity index (χ0) is 16.8. The number of carboxylic acid groups (broad SMARTS) is 1. The second kappa shape index (κ2) is 5.05. The molecule has 0 aliphatic heterocycles. The Kier molecular flexibility index (Phi) is 2.99. The monoisotopic (exact) mass is 323 g/mol. The molecule has 8 heteroatoms. The molecule has 24 heavy (non-hydrogen) atoms. The maximum Gasteiger partial charge on any atom is 0.354 e. The van der Waals surface area contributed by atoms with E-state index in [1.54, 1.807) is 22.5 Å². The molecular formula is C16H13N5O3. The Morgan fingerprint density at radius 3 is 2.67 bits per heavy atom. The molecule has 0 radical (unpaired) electrons. The minimum atomic E-state index is -1.20. The highest BCUT2D eigenvalue weighted by atomic mass is 16.4. The lowest BCUT2D eigenvalue weighted by Gasteiger charge is -2.07. The third kappa shape index (κ3) is 1.93. The fourth-order valence-electron chi connectivity index (χ4n) is 2.87. The number of fused-ring (bicyclic) bond motifs is 2. The first-order valence-corrected chi connectivity index (χ1v) is 7.26. The quantitative estimate of drug-likeness (QED) is 0.610. The van der Waals surface area contributed by atoms with Crippen LogP contribution in [0.5, 0.6) is 0 Å². The molecule has 4 rings (SSSR count). The Balaban J connectivity index is 2.03. The van der Waals surface area contributed by atoms with Crippen molar-refractivity contribution < 1.29 is 9.90 Å². The Morgan fingerprint density at radius 2 is 1.96 bits per heavy atom. The third-order valence-corrected chi connectivity index (χ3v) is 4.00. The van der Waals surface area contributed by atoms with Crippen LogP contribution in [0.3, 0.4) is 0 Å². The number of hydrogen-bond donors (Lipinski definition) is 1. The summed E-state index contributed by atoms with van der Waals surface area (Å²) in [7, 11) is 1.70. The molecule has 3 aromatic heterocycles. The van der Waals surface area contributed by atoms with Crippen molar-refractivity contribution in [2.75, 3.05) is 0 Å². The second-order valence-corrected chi connectivity index (χ2v) is 5.48. The van der Waals surface area contributed by atoms with Gasteiger partial charge in [-0.05, 0) is 5.56 Å². The molecule has 0 unspecified atom stereocenters. The Morgan fingerprint density at radius 1 is 1.21 bits per heavy atom. The maximum atomic E-state index is 12.9. The minimum Gasteiger partial charge on any atom is -0.477 e. The van der Waals surface area contributed by atoms with Gasteiger partial charge in [0.25, 0.3) is 5.56 Å². The van der Waals surface area contributed by atoms with Crippen LogP contribution in [0, 0.1) is 0 Å². The van der Waals surface area contributed by atoms with Crippen molar-refractivity contribution in [2.24, 2.45) is 7.05 Å². The molecule has 1 aromatic carbocycles. The van der Waals surface area contributed by atoms with Gasteiger partial charge in [0, 0.05) is 13.6 Å². The van der Waals surface area contributed by atoms with Crippen molar-refractivity contribution in [2.45, 2.75) is 6.54 Å². The van der Waals surface area contributed by atoms with E-state index in [0.29, 0.717) is 17.7 Å². The summed E-state index contributed by atoms with van der Waals surface area (Å²) in [6.45, 7) is 0.467. The Labute approximate surface area is 135 Å². The zero-order valence-electron chi connectivity index (χ0n) is 12.7. The molecule has 0 amide bonds. The lowest BCUT2D eigenvalue weighted by atomic mass is 10.2. The van der Waals surface area contributed by atoms with Crippen molar-refractivity contribution in [1.82, 2.24) is 23.5 Å². The highest BCUT2D eigenvalue weighted by molar-refractivity contribution is 5.87. The average molecular weight is 323 g/mol. The topological polar surface area (TPSA) is 94.4 Å².